The van der Waals surface area contributed by atoms with Crippen LogP contribution in [0.5, 0.6) is 11.5 Å². The van der Waals surface area contributed by atoms with E-state index in [1.54, 1.807) is 0 Å². The minimum atomic E-state index is -0.0771. The predicted octanol–water partition coefficient (Wildman–Crippen LogP) is 6.68. The molecule has 0 radical (unpaired) electrons. The highest BCUT2D eigenvalue weighted by atomic mass is 35.5. The van der Waals surface area contributed by atoms with Gasteiger partial charge in [0.15, 0.2) is 11.5 Å². The van der Waals surface area contributed by atoms with Gasteiger partial charge in [-0.15, -0.1) is 0 Å². The molecule has 1 heterocycles. The summed E-state index contributed by atoms with van der Waals surface area (Å²) in [5, 5.41) is 4.04. The zero-order valence-electron chi connectivity index (χ0n) is 10.8. The van der Waals surface area contributed by atoms with Gasteiger partial charge in [0.25, 0.3) is 0 Å². The largest absolute Gasteiger partial charge is 0.436 e. The van der Waals surface area contributed by atoms with Crippen molar-refractivity contribution in [2.45, 2.75) is 0 Å². The van der Waals surface area contributed by atoms with Crippen molar-refractivity contribution in [3.05, 3.63) is 56.9 Å². The molecular weight excluding hydrogens is 366 g/mol. The average molecular weight is 372 g/mol. The molecule has 0 N–H and O–H groups in total. The molecule has 110 valence electrons. The Labute approximate surface area is 145 Å². The molecule has 0 aliphatic carbocycles. The number of ether oxygens (including phenoxy) is 2. The molecule has 0 saturated carbocycles. The summed E-state index contributed by atoms with van der Waals surface area (Å²) in [6, 6.07) is 11.7. The Kier molecular flexibility index (Phi) is 3.31. The summed E-state index contributed by atoms with van der Waals surface area (Å²) >= 11 is 24.5. The monoisotopic (exact) mass is 370 g/mol. The van der Waals surface area contributed by atoms with Crippen molar-refractivity contribution in [1.82, 2.24) is 0 Å². The third kappa shape index (κ3) is 1.95. The first-order chi connectivity index (χ1) is 10.6. The lowest BCUT2D eigenvalue weighted by Gasteiger charge is -2.22. The predicted molar refractivity (Wildman–Crippen MR) is 91.5 cm³/mol. The Morgan fingerprint density at radius 2 is 1.32 bits per heavy atom. The van der Waals surface area contributed by atoms with Crippen LogP contribution in [-0.2, 0) is 0 Å². The summed E-state index contributed by atoms with van der Waals surface area (Å²) in [7, 11) is 0. The van der Waals surface area contributed by atoms with Crippen LogP contribution in [0.4, 0.5) is 0 Å². The van der Waals surface area contributed by atoms with Gasteiger partial charge in [0, 0.05) is 10.8 Å². The van der Waals surface area contributed by atoms with Crippen molar-refractivity contribution in [2.75, 3.05) is 0 Å². The second-order valence-electron chi connectivity index (χ2n) is 4.75. The molecule has 2 nitrogen and oxygen atoms in total. The van der Waals surface area contributed by atoms with E-state index < -0.39 is 0 Å². The van der Waals surface area contributed by atoms with Crippen LogP contribution in [-0.4, -0.2) is 0 Å². The summed E-state index contributed by atoms with van der Waals surface area (Å²) in [5.74, 6) is 0.681. The topological polar surface area (TPSA) is 18.5 Å². The molecule has 1 aliphatic rings. The van der Waals surface area contributed by atoms with E-state index in [2.05, 4.69) is 0 Å². The maximum atomic E-state index is 6.39. The lowest BCUT2D eigenvalue weighted by atomic mass is 10.0. The van der Waals surface area contributed by atoms with E-state index in [1.165, 1.54) is 0 Å². The highest BCUT2D eigenvalue weighted by molar-refractivity contribution is 6.47. The summed E-state index contributed by atoms with van der Waals surface area (Å²) in [4.78, 5) is 0. The Hall–Kier alpha value is -1.32. The molecule has 0 bridgehead atoms. The van der Waals surface area contributed by atoms with Crippen LogP contribution < -0.4 is 9.47 Å². The van der Waals surface area contributed by atoms with Gasteiger partial charge in [-0.3, -0.25) is 0 Å². The SMILES string of the molecule is ClC1=C(Cl)Oc2c(c(Cl)c(Cl)c3ccc4ccccc4c23)O1. The molecule has 0 amide bonds. The third-order valence-electron chi connectivity index (χ3n) is 3.53. The van der Waals surface area contributed by atoms with E-state index in [-0.39, 0.29) is 21.2 Å². The third-order valence-corrected chi connectivity index (χ3v) is 4.97. The van der Waals surface area contributed by atoms with Crippen LogP contribution in [0.1, 0.15) is 0 Å². The van der Waals surface area contributed by atoms with E-state index in [0.29, 0.717) is 10.8 Å². The second-order valence-corrected chi connectivity index (χ2v) is 6.19. The van der Waals surface area contributed by atoms with Gasteiger partial charge in [0.2, 0.25) is 10.4 Å². The van der Waals surface area contributed by atoms with E-state index in [0.717, 1.165) is 21.5 Å². The molecule has 1 aliphatic heterocycles. The minimum Gasteiger partial charge on any atom is -0.436 e. The summed E-state index contributed by atoms with van der Waals surface area (Å²) in [5.41, 5.74) is 0. The van der Waals surface area contributed by atoms with Crippen molar-refractivity contribution in [3.63, 3.8) is 0 Å². The van der Waals surface area contributed by atoms with Crippen molar-refractivity contribution in [3.8, 4) is 11.5 Å². The van der Waals surface area contributed by atoms with Crippen LogP contribution >= 0.6 is 46.4 Å². The number of rotatable bonds is 0. The lowest BCUT2D eigenvalue weighted by molar-refractivity contribution is 0.342. The van der Waals surface area contributed by atoms with Gasteiger partial charge in [-0.1, -0.05) is 59.6 Å². The smallest absolute Gasteiger partial charge is 0.249 e. The molecule has 0 spiro atoms. The zero-order valence-corrected chi connectivity index (χ0v) is 13.8. The van der Waals surface area contributed by atoms with Crippen molar-refractivity contribution in [2.24, 2.45) is 0 Å². The molecule has 4 rings (SSSR count). The molecule has 3 aromatic carbocycles. The number of hydrogen-bond donors (Lipinski definition) is 0. The number of benzene rings is 3. The maximum Gasteiger partial charge on any atom is 0.249 e. The molecule has 0 aromatic heterocycles. The van der Waals surface area contributed by atoms with Gasteiger partial charge in [-0.05, 0) is 34.0 Å². The molecule has 3 aromatic rings. The lowest BCUT2D eigenvalue weighted by Crippen LogP contribution is -2.06. The van der Waals surface area contributed by atoms with Crippen LogP contribution in [0.3, 0.4) is 0 Å². The van der Waals surface area contributed by atoms with E-state index in [1.807, 2.05) is 36.4 Å². The Morgan fingerprint density at radius 3 is 2.09 bits per heavy atom. The van der Waals surface area contributed by atoms with Gasteiger partial charge in [-0.25, -0.2) is 0 Å². The van der Waals surface area contributed by atoms with E-state index in [4.69, 9.17) is 55.9 Å². The molecule has 0 saturated heterocycles. The zero-order chi connectivity index (χ0) is 15.4. The number of hydrogen-bond acceptors (Lipinski definition) is 2. The van der Waals surface area contributed by atoms with Gasteiger partial charge >= 0.3 is 0 Å². The average Bonchev–Trinajstić information content (AvgIpc) is 2.53. The first kappa shape index (κ1) is 14.3. The fraction of sp³-hybridized carbons (Fsp3) is 0. The molecule has 22 heavy (non-hydrogen) atoms. The normalized spacial score (nSPS) is 14.0. The van der Waals surface area contributed by atoms with Crippen molar-refractivity contribution >= 4 is 67.9 Å². The van der Waals surface area contributed by atoms with E-state index >= 15 is 0 Å². The highest BCUT2D eigenvalue weighted by Gasteiger charge is 2.28. The quantitative estimate of drug-likeness (QED) is 0.410. The minimum absolute atomic E-state index is 0.0400. The van der Waals surface area contributed by atoms with Crippen molar-refractivity contribution in [1.29, 1.82) is 0 Å². The Bertz CT molecular complexity index is 979. The number of halogens is 4. The maximum absolute atomic E-state index is 6.39. The van der Waals surface area contributed by atoms with Crippen LogP contribution in [0.2, 0.25) is 10.0 Å². The highest BCUT2D eigenvalue weighted by Crippen LogP contribution is 2.52. The van der Waals surface area contributed by atoms with Gasteiger partial charge in [0.05, 0.1) is 5.02 Å². The first-order valence-electron chi connectivity index (χ1n) is 6.31. The van der Waals surface area contributed by atoms with E-state index in [9.17, 15) is 0 Å². The molecule has 0 fully saturated rings. The fourth-order valence-electron chi connectivity index (χ4n) is 2.58. The van der Waals surface area contributed by atoms with Crippen LogP contribution in [0, 0.1) is 0 Å². The standard InChI is InChI=1S/C16H6Cl4O2/c17-11-9-6-5-7-3-1-2-4-8(7)10(9)13-14(12(11)18)22-16(20)15(19)21-13/h1-6H. The Morgan fingerprint density at radius 1 is 0.636 bits per heavy atom. The second kappa shape index (κ2) is 5.10. The van der Waals surface area contributed by atoms with Gasteiger partial charge in [0.1, 0.15) is 5.02 Å². The van der Waals surface area contributed by atoms with Gasteiger partial charge in [-0.2, -0.15) is 0 Å². The molecule has 0 atom stereocenters. The fourth-order valence-corrected chi connectivity index (χ4v) is 3.28. The summed E-state index contributed by atoms with van der Waals surface area (Å²) in [6.07, 6.45) is 0. The van der Waals surface area contributed by atoms with Gasteiger partial charge < -0.3 is 9.47 Å². The first-order valence-corrected chi connectivity index (χ1v) is 7.82. The molecule has 0 unspecified atom stereocenters. The molecule has 6 heteroatoms. The van der Waals surface area contributed by atoms with Crippen LogP contribution in [0.15, 0.2) is 46.8 Å². The summed E-state index contributed by atoms with van der Waals surface area (Å²) < 4.78 is 11.1. The summed E-state index contributed by atoms with van der Waals surface area (Å²) in [6.45, 7) is 0. The van der Waals surface area contributed by atoms with Crippen LogP contribution in [0.25, 0.3) is 21.5 Å². The molecular formula is C16H6Cl4O2. The Balaban J connectivity index is 2.22. The van der Waals surface area contributed by atoms with Crippen molar-refractivity contribution < 1.29 is 9.47 Å². The number of fused-ring (bicyclic) bond motifs is 5.